The summed E-state index contributed by atoms with van der Waals surface area (Å²) in [4.78, 5) is 44.3. The fourth-order valence-electron chi connectivity index (χ4n) is 6.16. The Morgan fingerprint density at radius 1 is 1.16 bits per heavy atom. The van der Waals surface area contributed by atoms with Gasteiger partial charge in [-0.15, -0.1) is 0 Å². The Kier molecular flexibility index (Phi) is 10.2. The number of anilines is 1. The van der Waals surface area contributed by atoms with E-state index in [0.29, 0.717) is 54.2 Å². The Morgan fingerprint density at radius 2 is 1.81 bits per heavy atom. The van der Waals surface area contributed by atoms with Crippen LogP contribution in [0.25, 0.3) is 0 Å². The van der Waals surface area contributed by atoms with Crippen LogP contribution in [0, 0.1) is 17.7 Å². The number of ether oxygens (including phenoxy) is 1. The number of nitrogens with one attached hydrogen (secondary N) is 1. The van der Waals surface area contributed by atoms with Crippen molar-refractivity contribution in [3.63, 3.8) is 0 Å². The number of aromatic nitrogens is 1. The molecule has 0 bridgehead atoms. The van der Waals surface area contributed by atoms with Crippen molar-refractivity contribution in [1.29, 1.82) is 0 Å². The molecule has 1 aliphatic heterocycles. The lowest BCUT2D eigenvalue weighted by Crippen LogP contribution is -2.50. The second kappa shape index (κ2) is 12.9. The lowest BCUT2D eigenvalue weighted by atomic mass is 9.72. The van der Waals surface area contributed by atoms with Gasteiger partial charge in [0.15, 0.2) is 0 Å². The highest BCUT2D eigenvalue weighted by atomic mass is 32.3. The van der Waals surface area contributed by atoms with E-state index in [1.807, 2.05) is 19.9 Å². The van der Waals surface area contributed by atoms with Gasteiger partial charge in [-0.25, -0.2) is 9.37 Å². The van der Waals surface area contributed by atoms with Crippen molar-refractivity contribution in [2.75, 3.05) is 19.0 Å². The minimum atomic E-state index is -4.67. The maximum Gasteiger partial charge on any atom is 0.394 e. The molecule has 3 aliphatic rings. The van der Waals surface area contributed by atoms with Crippen LogP contribution in [0.3, 0.4) is 0 Å². The van der Waals surface area contributed by atoms with Gasteiger partial charge in [0.1, 0.15) is 11.9 Å². The quantitative estimate of drug-likeness (QED) is 0.344. The van der Waals surface area contributed by atoms with E-state index in [1.165, 1.54) is 13.2 Å². The number of carbonyl (C=O) groups excluding carboxylic acids is 2. The predicted octanol–water partition coefficient (Wildman–Crippen LogP) is 2.54. The summed E-state index contributed by atoms with van der Waals surface area (Å²) in [5.74, 6) is -1.71. The van der Waals surface area contributed by atoms with Gasteiger partial charge in [0.05, 0.1) is 12.8 Å². The number of aryl methyl sites for hydroxylation is 1. The first-order valence-electron chi connectivity index (χ1n) is 13.5. The van der Waals surface area contributed by atoms with Gasteiger partial charge in [-0.1, -0.05) is 13.8 Å². The molecule has 13 nitrogen and oxygen atoms in total. The van der Waals surface area contributed by atoms with Gasteiger partial charge >= 0.3 is 16.4 Å². The molecule has 1 atom stereocenters. The zero-order valence-electron chi connectivity index (χ0n) is 24.0. The molecular weight excluding hydrogens is 589 g/mol. The number of methoxy groups -OCH3 is 1. The number of halogens is 1. The van der Waals surface area contributed by atoms with Crippen LogP contribution in [0.15, 0.2) is 24.3 Å². The van der Waals surface area contributed by atoms with Gasteiger partial charge in [-0.3, -0.25) is 23.5 Å². The van der Waals surface area contributed by atoms with E-state index >= 15 is 4.39 Å². The number of fused-ring (bicyclic) bond motifs is 2. The third kappa shape index (κ3) is 7.84. The Bertz CT molecular complexity index is 1500. The average molecular weight is 626 g/mol. The molecule has 2 aliphatic carbocycles. The number of pyridine rings is 1. The fraction of sp³-hybridized carbons (Fsp3) is 0.500. The molecule has 15 heteroatoms. The van der Waals surface area contributed by atoms with Crippen LogP contribution in [0.4, 0.5) is 10.1 Å². The van der Waals surface area contributed by atoms with E-state index in [4.69, 9.17) is 27.4 Å². The van der Waals surface area contributed by atoms with Gasteiger partial charge < -0.3 is 25.5 Å². The number of aliphatic carboxylic acids is 1. The first kappa shape index (κ1) is 33.8. The number of carbonyl (C=O) groups is 3. The molecule has 1 aromatic heterocycles. The number of rotatable bonds is 6. The van der Waals surface area contributed by atoms with E-state index in [-0.39, 0.29) is 40.9 Å². The van der Waals surface area contributed by atoms with Crippen LogP contribution in [-0.4, -0.2) is 69.4 Å². The van der Waals surface area contributed by atoms with Gasteiger partial charge in [0.25, 0.3) is 5.91 Å². The molecule has 0 radical (unpaired) electrons. The Hall–Kier alpha value is -3.66. The van der Waals surface area contributed by atoms with Gasteiger partial charge in [-0.05, 0) is 66.3 Å². The lowest BCUT2D eigenvalue weighted by Gasteiger charge is -2.42. The number of benzene rings is 1. The first-order chi connectivity index (χ1) is 19.6. The van der Waals surface area contributed by atoms with Crippen molar-refractivity contribution in [3.8, 4) is 5.88 Å². The first-order valence-corrected chi connectivity index (χ1v) is 14.9. The molecule has 236 valence electrons. The van der Waals surface area contributed by atoms with Crippen molar-refractivity contribution in [2.45, 2.75) is 63.8 Å². The summed E-state index contributed by atoms with van der Waals surface area (Å²) in [6, 6.07) is 5.67. The zero-order valence-corrected chi connectivity index (χ0v) is 24.8. The summed E-state index contributed by atoms with van der Waals surface area (Å²) >= 11 is 0. The predicted molar refractivity (Wildman–Crippen MR) is 152 cm³/mol. The maximum atomic E-state index is 15.1. The van der Waals surface area contributed by atoms with E-state index in [0.717, 1.165) is 18.4 Å². The highest BCUT2D eigenvalue weighted by molar-refractivity contribution is 7.79. The molecule has 5 rings (SSSR count). The van der Waals surface area contributed by atoms with Crippen molar-refractivity contribution >= 4 is 33.9 Å². The minimum Gasteiger partial charge on any atom is -0.481 e. The molecule has 2 aromatic rings. The standard InChI is InChI=1S/C28H32FN3O5.H2O4S.H2O/c1-28(2)8-6-16-13-18(14-20(29)24(16)28)30-26(35)25-19-4-5-22(37-3)31-21(19)7-9-32(25)27(36)17-10-15(11-17)12-23(33)34;1-5(2,3)4;/h4-5,13-15,17,25H,6-12H2,1-3H3,(H,30,35)(H,33,34);(H2,1,2,3,4);1H2/t15?,17?,25-;;/m1../s1. The molecule has 2 amide bonds. The molecule has 1 fully saturated rings. The molecule has 6 N–H and O–H groups in total. The molecule has 1 saturated carbocycles. The molecule has 0 unspecified atom stereocenters. The number of amides is 2. The smallest absolute Gasteiger partial charge is 0.394 e. The summed E-state index contributed by atoms with van der Waals surface area (Å²) in [5, 5.41) is 11.9. The maximum absolute atomic E-state index is 15.1. The second-order valence-electron chi connectivity index (χ2n) is 11.5. The molecule has 0 spiro atoms. The number of hydrogen-bond acceptors (Lipinski definition) is 7. The Morgan fingerprint density at radius 3 is 2.42 bits per heavy atom. The number of carboxylic acids is 1. The van der Waals surface area contributed by atoms with Crippen molar-refractivity contribution < 1.29 is 51.6 Å². The summed E-state index contributed by atoms with van der Waals surface area (Å²) in [6.45, 7) is 4.34. The molecule has 0 saturated heterocycles. The molecular formula is C28H36FN3O10S. The minimum absolute atomic E-state index is 0. The van der Waals surface area contributed by atoms with Crippen LogP contribution in [0.1, 0.15) is 68.0 Å². The highest BCUT2D eigenvalue weighted by Gasteiger charge is 2.44. The van der Waals surface area contributed by atoms with Crippen LogP contribution < -0.4 is 10.1 Å². The summed E-state index contributed by atoms with van der Waals surface area (Å²) in [6.07, 6.45) is 3.08. The lowest BCUT2D eigenvalue weighted by molar-refractivity contribution is -0.149. The monoisotopic (exact) mass is 625 g/mol. The second-order valence-corrected chi connectivity index (χ2v) is 12.4. The summed E-state index contributed by atoms with van der Waals surface area (Å²) in [7, 11) is -3.15. The summed E-state index contributed by atoms with van der Waals surface area (Å²) < 4.78 is 51.9. The van der Waals surface area contributed by atoms with Crippen molar-refractivity contribution in [2.24, 2.45) is 11.8 Å². The van der Waals surface area contributed by atoms with Crippen LogP contribution in [0.5, 0.6) is 5.88 Å². The van der Waals surface area contributed by atoms with E-state index in [9.17, 15) is 14.4 Å². The zero-order chi connectivity index (χ0) is 31.0. The number of hydrogen-bond donors (Lipinski definition) is 4. The van der Waals surface area contributed by atoms with Gasteiger partial charge in [-0.2, -0.15) is 8.42 Å². The third-order valence-electron chi connectivity index (χ3n) is 8.10. The topological polar surface area (TPSA) is 215 Å². The van der Waals surface area contributed by atoms with Crippen LogP contribution >= 0.6 is 0 Å². The summed E-state index contributed by atoms with van der Waals surface area (Å²) in [5.41, 5.74) is 3.00. The highest BCUT2D eigenvalue weighted by Crippen LogP contribution is 2.43. The Balaban J connectivity index is 0.000000781. The average Bonchev–Trinajstić information content (AvgIpc) is 3.17. The Labute approximate surface area is 248 Å². The SMILES string of the molecule is COc1ccc2c(n1)CCN(C(=O)C1CC(CC(=O)O)C1)[C@H]2C(=O)Nc1cc(F)c2c(c1)CCC2(C)C.O.O=S(=O)(O)O. The number of nitrogens with zero attached hydrogens (tertiary/aromatic N) is 2. The van der Waals surface area contributed by atoms with E-state index in [2.05, 4.69) is 10.3 Å². The van der Waals surface area contributed by atoms with Gasteiger partial charge in [0, 0.05) is 42.6 Å². The fourth-order valence-corrected chi connectivity index (χ4v) is 6.16. The number of carboxylic acid groups (broad SMARTS) is 1. The molecule has 1 aromatic carbocycles. The van der Waals surface area contributed by atoms with Crippen molar-refractivity contribution in [1.82, 2.24) is 9.88 Å². The largest absolute Gasteiger partial charge is 0.481 e. The van der Waals surface area contributed by atoms with E-state index < -0.39 is 28.3 Å². The van der Waals surface area contributed by atoms with E-state index in [1.54, 1.807) is 17.0 Å². The van der Waals surface area contributed by atoms with Crippen LogP contribution in [0.2, 0.25) is 0 Å². The normalized spacial score (nSPS) is 21.5. The van der Waals surface area contributed by atoms with Crippen molar-refractivity contribution in [3.05, 3.63) is 52.5 Å². The molecule has 43 heavy (non-hydrogen) atoms. The molecule has 2 heterocycles. The third-order valence-corrected chi connectivity index (χ3v) is 8.10. The van der Waals surface area contributed by atoms with Crippen LogP contribution in [-0.2, 0) is 43.0 Å². The van der Waals surface area contributed by atoms with Gasteiger partial charge in [0.2, 0.25) is 11.8 Å².